The minimum absolute atomic E-state index is 0.0333. The Hall–Kier alpha value is -2.06. The van der Waals surface area contributed by atoms with Crippen LogP contribution in [0, 0.1) is 25.2 Å². The number of methoxy groups -OCH3 is 1. The highest BCUT2D eigenvalue weighted by atomic mass is 16.6. The molecule has 0 amide bonds. The predicted octanol–water partition coefficient (Wildman–Crippen LogP) is 1.05. The number of aryl methyl sites for hydroxylation is 2. The lowest BCUT2D eigenvalue weighted by molar-refractivity contribution is -0.148. The SMILES string of the molecule is COC(=O)C(CN)Oc1c(C)cc(C#N)cc1C. The molecule has 0 aliphatic carbocycles. The smallest absolute Gasteiger partial charge is 0.348 e. The van der Waals surface area contributed by atoms with Crippen molar-refractivity contribution in [3.05, 3.63) is 28.8 Å². The summed E-state index contributed by atoms with van der Waals surface area (Å²) in [6.07, 6.45) is -0.833. The zero-order valence-electron chi connectivity index (χ0n) is 10.7. The highest BCUT2D eigenvalue weighted by Crippen LogP contribution is 2.25. The van der Waals surface area contributed by atoms with Crippen molar-refractivity contribution in [3.63, 3.8) is 0 Å². The third-order valence-corrected chi connectivity index (χ3v) is 2.53. The molecule has 5 nitrogen and oxygen atoms in total. The third-order valence-electron chi connectivity index (χ3n) is 2.53. The summed E-state index contributed by atoms with van der Waals surface area (Å²) < 4.78 is 10.2. The average Bonchev–Trinajstić information content (AvgIpc) is 2.37. The van der Waals surface area contributed by atoms with Gasteiger partial charge in [-0.05, 0) is 37.1 Å². The number of nitrogens with two attached hydrogens (primary N) is 1. The topological polar surface area (TPSA) is 85.3 Å². The first-order valence-electron chi connectivity index (χ1n) is 5.49. The highest BCUT2D eigenvalue weighted by Gasteiger charge is 2.21. The van der Waals surface area contributed by atoms with E-state index in [9.17, 15) is 4.79 Å². The average molecular weight is 248 g/mol. The van der Waals surface area contributed by atoms with E-state index in [-0.39, 0.29) is 6.54 Å². The number of hydrogen-bond acceptors (Lipinski definition) is 5. The minimum atomic E-state index is -0.833. The van der Waals surface area contributed by atoms with Crippen LogP contribution in [-0.4, -0.2) is 25.7 Å². The van der Waals surface area contributed by atoms with E-state index in [0.717, 1.165) is 11.1 Å². The molecule has 0 bridgehead atoms. The first-order chi connectivity index (χ1) is 8.53. The molecular weight excluding hydrogens is 232 g/mol. The number of nitrogens with zero attached hydrogens (tertiary/aromatic N) is 1. The summed E-state index contributed by atoms with van der Waals surface area (Å²) in [5.41, 5.74) is 7.60. The lowest BCUT2D eigenvalue weighted by atomic mass is 10.1. The fourth-order valence-corrected chi connectivity index (χ4v) is 1.67. The summed E-state index contributed by atoms with van der Waals surface area (Å²) in [6, 6.07) is 5.47. The monoisotopic (exact) mass is 248 g/mol. The van der Waals surface area contributed by atoms with E-state index >= 15 is 0 Å². The Kier molecular flexibility index (Phi) is 4.69. The van der Waals surface area contributed by atoms with Gasteiger partial charge >= 0.3 is 5.97 Å². The van der Waals surface area contributed by atoms with Gasteiger partial charge in [0.25, 0.3) is 0 Å². The van der Waals surface area contributed by atoms with Gasteiger partial charge in [0.2, 0.25) is 6.10 Å². The van der Waals surface area contributed by atoms with Crippen molar-refractivity contribution in [1.29, 1.82) is 5.26 Å². The summed E-state index contributed by atoms with van der Waals surface area (Å²) in [6.45, 7) is 3.66. The Bertz CT molecular complexity index is 468. The Morgan fingerprint density at radius 2 is 2.00 bits per heavy atom. The van der Waals surface area contributed by atoms with Crippen LogP contribution in [-0.2, 0) is 9.53 Å². The normalized spacial score (nSPS) is 11.5. The van der Waals surface area contributed by atoms with Crippen LogP contribution < -0.4 is 10.5 Å². The van der Waals surface area contributed by atoms with E-state index in [1.54, 1.807) is 12.1 Å². The van der Waals surface area contributed by atoms with Gasteiger partial charge in [-0.15, -0.1) is 0 Å². The van der Waals surface area contributed by atoms with E-state index in [0.29, 0.717) is 11.3 Å². The van der Waals surface area contributed by atoms with Crippen LogP contribution >= 0.6 is 0 Å². The zero-order valence-corrected chi connectivity index (χ0v) is 10.7. The predicted molar refractivity (Wildman–Crippen MR) is 66.1 cm³/mol. The van der Waals surface area contributed by atoms with Gasteiger partial charge in [0.15, 0.2) is 0 Å². The van der Waals surface area contributed by atoms with Crippen LogP contribution in [0.2, 0.25) is 0 Å². The zero-order chi connectivity index (χ0) is 13.7. The van der Waals surface area contributed by atoms with E-state index in [4.69, 9.17) is 15.7 Å². The number of hydrogen-bond donors (Lipinski definition) is 1. The molecule has 0 aliphatic rings. The maximum Gasteiger partial charge on any atom is 0.348 e. The first kappa shape index (κ1) is 14.0. The molecule has 5 heteroatoms. The molecular formula is C13H16N2O3. The van der Waals surface area contributed by atoms with Gasteiger partial charge in [-0.1, -0.05) is 0 Å². The van der Waals surface area contributed by atoms with Gasteiger partial charge in [-0.2, -0.15) is 5.26 Å². The summed E-state index contributed by atoms with van der Waals surface area (Å²) in [7, 11) is 1.28. The van der Waals surface area contributed by atoms with Crippen molar-refractivity contribution in [2.75, 3.05) is 13.7 Å². The number of benzene rings is 1. The molecule has 0 fully saturated rings. The molecule has 0 saturated heterocycles. The van der Waals surface area contributed by atoms with Crippen molar-refractivity contribution in [2.24, 2.45) is 5.73 Å². The summed E-state index contributed by atoms with van der Waals surface area (Å²) >= 11 is 0. The number of ether oxygens (including phenoxy) is 2. The van der Waals surface area contributed by atoms with Crippen molar-refractivity contribution in [2.45, 2.75) is 20.0 Å². The number of carbonyl (C=O) groups is 1. The fraction of sp³-hybridized carbons (Fsp3) is 0.385. The van der Waals surface area contributed by atoms with Gasteiger partial charge < -0.3 is 15.2 Å². The van der Waals surface area contributed by atoms with Crippen LogP contribution in [0.15, 0.2) is 12.1 Å². The maximum absolute atomic E-state index is 11.4. The summed E-state index contributed by atoms with van der Waals surface area (Å²) in [4.78, 5) is 11.4. The Morgan fingerprint density at radius 1 is 1.44 bits per heavy atom. The Labute approximate surface area is 106 Å². The highest BCUT2D eigenvalue weighted by molar-refractivity contribution is 5.75. The minimum Gasteiger partial charge on any atom is -0.477 e. The van der Waals surface area contributed by atoms with E-state index in [2.05, 4.69) is 10.8 Å². The Balaban J connectivity index is 3.04. The van der Waals surface area contributed by atoms with Crippen molar-refractivity contribution in [3.8, 4) is 11.8 Å². The van der Waals surface area contributed by atoms with Gasteiger partial charge in [0, 0.05) is 6.54 Å². The Morgan fingerprint density at radius 3 is 2.39 bits per heavy atom. The quantitative estimate of drug-likeness (QED) is 0.805. The molecule has 96 valence electrons. The number of rotatable bonds is 4. The molecule has 0 spiro atoms. The van der Waals surface area contributed by atoms with E-state index in [1.165, 1.54) is 7.11 Å². The molecule has 1 aromatic rings. The lowest BCUT2D eigenvalue weighted by Crippen LogP contribution is -2.36. The van der Waals surface area contributed by atoms with Crippen LogP contribution in [0.5, 0.6) is 5.75 Å². The molecule has 0 aromatic heterocycles. The van der Waals surface area contributed by atoms with Gasteiger partial charge in [0.1, 0.15) is 5.75 Å². The van der Waals surface area contributed by atoms with Crippen molar-refractivity contribution in [1.82, 2.24) is 0 Å². The fourth-order valence-electron chi connectivity index (χ4n) is 1.67. The van der Waals surface area contributed by atoms with E-state index < -0.39 is 12.1 Å². The molecule has 18 heavy (non-hydrogen) atoms. The van der Waals surface area contributed by atoms with Crippen LogP contribution in [0.3, 0.4) is 0 Å². The number of esters is 1. The maximum atomic E-state index is 11.4. The standard InChI is InChI=1S/C13H16N2O3/c1-8-4-10(6-14)5-9(2)12(8)18-11(7-15)13(16)17-3/h4-5,11H,7,15H2,1-3H3. The van der Waals surface area contributed by atoms with Gasteiger partial charge in [-0.25, -0.2) is 4.79 Å². The second kappa shape index (κ2) is 6.03. The van der Waals surface area contributed by atoms with Gasteiger partial charge in [0.05, 0.1) is 18.7 Å². The molecule has 0 heterocycles. The summed E-state index contributed by atoms with van der Waals surface area (Å²) in [5, 5.41) is 8.85. The second-order valence-corrected chi connectivity index (χ2v) is 3.92. The third kappa shape index (κ3) is 2.99. The molecule has 0 saturated carbocycles. The number of nitriles is 1. The number of carbonyl (C=O) groups excluding carboxylic acids is 1. The molecule has 0 aliphatic heterocycles. The molecule has 1 atom stereocenters. The van der Waals surface area contributed by atoms with Crippen molar-refractivity contribution >= 4 is 5.97 Å². The van der Waals surface area contributed by atoms with Gasteiger partial charge in [-0.3, -0.25) is 0 Å². The van der Waals surface area contributed by atoms with Crippen LogP contribution in [0.25, 0.3) is 0 Å². The van der Waals surface area contributed by atoms with Crippen LogP contribution in [0.4, 0.5) is 0 Å². The molecule has 1 rings (SSSR count). The first-order valence-corrected chi connectivity index (χ1v) is 5.49. The lowest BCUT2D eigenvalue weighted by Gasteiger charge is -2.18. The summed E-state index contributed by atoms with van der Waals surface area (Å²) in [5.74, 6) is 0.0514. The van der Waals surface area contributed by atoms with E-state index in [1.807, 2.05) is 13.8 Å². The molecule has 1 unspecified atom stereocenters. The second-order valence-electron chi connectivity index (χ2n) is 3.92. The van der Waals surface area contributed by atoms with Crippen LogP contribution in [0.1, 0.15) is 16.7 Å². The molecule has 2 N–H and O–H groups in total. The molecule has 1 aromatic carbocycles. The largest absolute Gasteiger partial charge is 0.477 e. The van der Waals surface area contributed by atoms with Crippen molar-refractivity contribution < 1.29 is 14.3 Å². The molecule has 0 radical (unpaired) electrons.